The lowest BCUT2D eigenvalue weighted by molar-refractivity contribution is -0.127. The Kier molecular flexibility index (Phi) is 3.65. The molecular formula is C8H15NO4. The molecule has 1 amide bonds. The molecule has 0 unspecified atom stereocenters. The second kappa shape index (κ2) is 4.55. The van der Waals surface area contributed by atoms with E-state index in [1.807, 2.05) is 0 Å². The molecule has 0 bridgehead atoms. The molecule has 76 valence electrons. The van der Waals surface area contributed by atoms with Gasteiger partial charge in [-0.1, -0.05) is 0 Å². The lowest BCUT2D eigenvalue weighted by Gasteiger charge is -2.30. The number of amides is 1. The molecular weight excluding hydrogens is 174 g/mol. The zero-order valence-electron chi connectivity index (χ0n) is 7.56. The largest absolute Gasteiger partial charge is 0.390 e. The van der Waals surface area contributed by atoms with Crippen molar-refractivity contribution in [2.45, 2.75) is 31.7 Å². The van der Waals surface area contributed by atoms with Gasteiger partial charge in [-0.3, -0.25) is 4.79 Å². The number of hydrogen-bond acceptors (Lipinski definition) is 4. The lowest BCUT2D eigenvalue weighted by Crippen LogP contribution is -2.45. The first-order valence-corrected chi connectivity index (χ1v) is 4.31. The Morgan fingerprint density at radius 3 is 2.77 bits per heavy atom. The Morgan fingerprint density at radius 2 is 2.23 bits per heavy atom. The van der Waals surface area contributed by atoms with Gasteiger partial charge < -0.3 is 20.3 Å². The summed E-state index contributed by atoms with van der Waals surface area (Å²) in [5, 5.41) is 21.0. The topological polar surface area (TPSA) is 78.8 Å². The molecule has 1 aliphatic rings. The summed E-state index contributed by atoms with van der Waals surface area (Å²) in [7, 11) is 0. The van der Waals surface area contributed by atoms with Gasteiger partial charge in [-0.15, -0.1) is 0 Å². The van der Waals surface area contributed by atoms with Crippen molar-refractivity contribution in [3.8, 4) is 0 Å². The summed E-state index contributed by atoms with van der Waals surface area (Å²) >= 11 is 0. The summed E-state index contributed by atoms with van der Waals surface area (Å²) in [6.45, 7) is 1.94. The standard InChI is InChI=1S/C8H15NO4/c1-5(10)9-3-6-2-7(11)8(12)4-13-6/h6-8,11-12H,2-4H2,1H3,(H,9,10)/t6-,7-,8-/m0/s1. The minimum absolute atomic E-state index is 0.121. The average Bonchev–Trinajstić information content (AvgIpc) is 2.07. The van der Waals surface area contributed by atoms with E-state index in [0.717, 1.165) is 0 Å². The maximum atomic E-state index is 10.6. The first-order valence-electron chi connectivity index (χ1n) is 4.31. The highest BCUT2D eigenvalue weighted by Crippen LogP contribution is 2.13. The monoisotopic (exact) mass is 189 g/mol. The van der Waals surface area contributed by atoms with Crippen molar-refractivity contribution in [2.24, 2.45) is 0 Å². The van der Waals surface area contributed by atoms with Gasteiger partial charge in [-0.05, 0) is 0 Å². The van der Waals surface area contributed by atoms with Gasteiger partial charge in [0.1, 0.15) is 6.10 Å². The summed E-state index contributed by atoms with van der Waals surface area (Å²) in [5.41, 5.74) is 0. The van der Waals surface area contributed by atoms with E-state index in [4.69, 9.17) is 9.84 Å². The zero-order chi connectivity index (χ0) is 9.84. The first-order chi connectivity index (χ1) is 6.09. The van der Waals surface area contributed by atoms with Crippen molar-refractivity contribution in [1.82, 2.24) is 5.32 Å². The molecule has 0 spiro atoms. The van der Waals surface area contributed by atoms with Gasteiger partial charge in [0.2, 0.25) is 5.91 Å². The molecule has 0 aliphatic carbocycles. The Balaban J connectivity index is 2.25. The molecule has 5 heteroatoms. The number of nitrogens with one attached hydrogen (secondary N) is 1. The van der Waals surface area contributed by atoms with Crippen LogP contribution in [0.2, 0.25) is 0 Å². The molecule has 3 N–H and O–H groups in total. The van der Waals surface area contributed by atoms with Gasteiger partial charge in [-0.2, -0.15) is 0 Å². The number of hydrogen-bond donors (Lipinski definition) is 3. The van der Waals surface area contributed by atoms with Crippen LogP contribution in [0.25, 0.3) is 0 Å². The van der Waals surface area contributed by atoms with Crippen LogP contribution in [0.15, 0.2) is 0 Å². The third kappa shape index (κ3) is 3.30. The van der Waals surface area contributed by atoms with E-state index < -0.39 is 12.2 Å². The molecule has 5 nitrogen and oxygen atoms in total. The molecule has 0 saturated carbocycles. The zero-order valence-corrected chi connectivity index (χ0v) is 7.56. The molecule has 1 saturated heterocycles. The van der Waals surface area contributed by atoms with Crippen molar-refractivity contribution in [2.75, 3.05) is 13.2 Å². The molecule has 0 aromatic heterocycles. The van der Waals surface area contributed by atoms with Crippen molar-refractivity contribution in [3.63, 3.8) is 0 Å². The fraction of sp³-hybridized carbons (Fsp3) is 0.875. The third-order valence-corrected chi connectivity index (χ3v) is 2.03. The van der Waals surface area contributed by atoms with E-state index in [-0.39, 0.29) is 18.6 Å². The van der Waals surface area contributed by atoms with Crippen LogP contribution in [0.3, 0.4) is 0 Å². The first kappa shape index (κ1) is 10.4. The second-order valence-corrected chi connectivity index (χ2v) is 3.26. The molecule has 1 fully saturated rings. The molecule has 13 heavy (non-hydrogen) atoms. The molecule has 1 heterocycles. The molecule has 1 rings (SSSR count). The summed E-state index contributed by atoms with van der Waals surface area (Å²) in [6, 6.07) is 0. The third-order valence-electron chi connectivity index (χ3n) is 2.03. The molecule has 0 radical (unpaired) electrons. The van der Waals surface area contributed by atoms with Crippen LogP contribution in [-0.4, -0.2) is 47.6 Å². The van der Waals surface area contributed by atoms with Crippen LogP contribution >= 0.6 is 0 Å². The highest BCUT2D eigenvalue weighted by Gasteiger charge is 2.27. The van der Waals surface area contributed by atoms with Crippen molar-refractivity contribution in [3.05, 3.63) is 0 Å². The summed E-state index contributed by atoms with van der Waals surface area (Å²) in [5.74, 6) is -0.121. The Morgan fingerprint density at radius 1 is 1.54 bits per heavy atom. The van der Waals surface area contributed by atoms with E-state index in [9.17, 15) is 9.90 Å². The smallest absolute Gasteiger partial charge is 0.216 e. The Labute approximate surface area is 76.7 Å². The minimum Gasteiger partial charge on any atom is -0.390 e. The predicted octanol–water partition coefficient (Wildman–Crippen LogP) is -1.37. The van der Waals surface area contributed by atoms with E-state index in [2.05, 4.69) is 5.32 Å². The van der Waals surface area contributed by atoms with E-state index in [1.54, 1.807) is 0 Å². The van der Waals surface area contributed by atoms with Crippen LogP contribution in [0, 0.1) is 0 Å². The predicted molar refractivity (Wildman–Crippen MR) is 45.1 cm³/mol. The number of aliphatic hydroxyl groups is 2. The van der Waals surface area contributed by atoms with Crippen LogP contribution in [-0.2, 0) is 9.53 Å². The van der Waals surface area contributed by atoms with E-state index in [1.165, 1.54) is 6.92 Å². The summed E-state index contributed by atoms with van der Waals surface area (Å²) in [6.07, 6.45) is -1.37. The number of carbonyl (C=O) groups is 1. The highest BCUT2D eigenvalue weighted by molar-refractivity contribution is 5.72. The SMILES string of the molecule is CC(=O)NC[C@@H]1C[C@H](O)[C@@H](O)CO1. The van der Waals surface area contributed by atoms with Gasteiger partial charge >= 0.3 is 0 Å². The second-order valence-electron chi connectivity index (χ2n) is 3.26. The Hall–Kier alpha value is -0.650. The van der Waals surface area contributed by atoms with Crippen LogP contribution in [0.5, 0.6) is 0 Å². The van der Waals surface area contributed by atoms with Crippen LogP contribution in [0.4, 0.5) is 0 Å². The summed E-state index contributed by atoms with van der Waals surface area (Å²) in [4.78, 5) is 10.6. The fourth-order valence-electron chi connectivity index (χ4n) is 1.24. The minimum atomic E-state index is -0.798. The molecule has 1 aliphatic heterocycles. The number of rotatable bonds is 2. The average molecular weight is 189 g/mol. The van der Waals surface area contributed by atoms with Crippen molar-refractivity contribution < 1.29 is 19.7 Å². The fourth-order valence-corrected chi connectivity index (χ4v) is 1.24. The maximum absolute atomic E-state index is 10.6. The van der Waals surface area contributed by atoms with Gasteiger partial charge in [0.05, 0.1) is 18.8 Å². The van der Waals surface area contributed by atoms with E-state index >= 15 is 0 Å². The van der Waals surface area contributed by atoms with Crippen molar-refractivity contribution >= 4 is 5.91 Å². The quantitative estimate of drug-likeness (QED) is 0.501. The van der Waals surface area contributed by atoms with Gasteiger partial charge in [0.15, 0.2) is 0 Å². The van der Waals surface area contributed by atoms with Gasteiger partial charge in [0, 0.05) is 19.9 Å². The van der Waals surface area contributed by atoms with Crippen LogP contribution in [0.1, 0.15) is 13.3 Å². The Bertz CT molecular complexity index is 185. The van der Waals surface area contributed by atoms with Gasteiger partial charge in [-0.25, -0.2) is 0 Å². The molecule has 0 aromatic rings. The van der Waals surface area contributed by atoms with Crippen LogP contribution < -0.4 is 5.32 Å². The number of carbonyl (C=O) groups excluding carboxylic acids is 1. The molecule has 0 aromatic carbocycles. The highest BCUT2D eigenvalue weighted by atomic mass is 16.5. The molecule has 3 atom stereocenters. The maximum Gasteiger partial charge on any atom is 0.216 e. The number of ether oxygens (including phenoxy) is 1. The van der Waals surface area contributed by atoms with E-state index in [0.29, 0.717) is 13.0 Å². The summed E-state index contributed by atoms with van der Waals surface area (Å²) < 4.78 is 5.19. The van der Waals surface area contributed by atoms with Crippen molar-refractivity contribution in [1.29, 1.82) is 0 Å². The normalized spacial score (nSPS) is 34.2. The number of aliphatic hydroxyl groups excluding tert-OH is 2. The lowest BCUT2D eigenvalue weighted by atomic mass is 10.0. The van der Waals surface area contributed by atoms with Gasteiger partial charge in [0.25, 0.3) is 0 Å².